The van der Waals surface area contributed by atoms with Crippen molar-refractivity contribution in [1.82, 2.24) is 10.0 Å². The molecule has 0 radical (unpaired) electrons. The lowest BCUT2D eigenvalue weighted by Crippen LogP contribution is -2.43. The molecule has 7 heteroatoms. The van der Waals surface area contributed by atoms with Gasteiger partial charge in [0.15, 0.2) is 0 Å². The smallest absolute Gasteiger partial charge is 0.313 e. The summed E-state index contributed by atoms with van der Waals surface area (Å²) in [7, 11) is -1.90. The molecule has 0 heterocycles. The van der Waals surface area contributed by atoms with Crippen LogP contribution in [-0.2, 0) is 35.7 Å². The van der Waals surface area contributed by atoms with Crippen LogP contribution in [-0.4, -0.2) is 32.8 Å². The summed E-state index contributed by atoms with van der Waals surface area (Å²) in [4.78, 5) is 12.4. The Kier molecular flexibility index (Phi) is 4.03. The van der Waals surface area contributed by atoms with Crippen LogP contribution < -0.4 is 15.4 Å². The van der Waals surface area contributed by atoms with Gasteiger partial charge in [0.25, 0.3) is 0 Å². The molecule has 0 unspecified atom stereocenters. The molecular weight excluding hydrogens is 338 g/mol. The molecule has 3 aliphatic carbocycles. The summed E-state index contributed by atoms with van der Waals surface area (Å²) in [6.45, 7) is 0. The molecule has 0 saturated heterocycles. The van der Waals surface area contributed by atoms with Gasteiger partial charge in [-0.3, -0.25) is 0 Å². The van der Waals surface area contributed by atoms with Crippen LogP contribution >= 0.6 is 0 Å². The predicted molar refractivity (Wildman–Crippen MR) is 97.5 cm³/mol. The maximum atomic E-state index is 12.4. The van der Waals surface area contributed by atoms with Gasteiger partial charge in [0.05, 0.1) is 5.75 Å². The number of sulfonamides is 1. The van der Waals surface area contributed by atoms with Crippen molar-refractivity contribution >= 4 is 21.7 Å². The van der Waals surface area contributed by atoms with Gasteiger partial charge < -0.3 is 10.6 Å². The van der Waals surface area contributed by atoms with Gasteiger partial charge in [-0.15, -0.1) is 0 Å². The molecule has 1 saturated carbocycles. The van der Waals surface area contributed by atoms with E-state index in [2.05, 4.69) is 21.4 Å². The zero-order valence-electron chi connectivity index (χ0n) is 14.6. The lowest BCUT2D eigenvalue weighted by Gasteiger charge is -2.18. The van der Waals surface area contributed by atoms with Crippen molar-refractivity contribution in [1.29, 1.82) is 0 Å². The minimum atomic E-state index is -3.66. The van der Waals surface area contributed by atoms with Gasteiger partial charge in [-0.25, -0.2) is 17.9 Å². The van der Waals surface area contributed by atoms with Gasteiger partial charge in [-0.1, -0.05) is 6.07 Å². The summed E-state index contributed by atoms with van der Waals surface area (Å²) >= 11 is 0. The monoisotopic (exact) mass is 363 g/mol. The molecule has 3 N–H and O–H groups in total. The molecular formula is C18H25N3O3S. The molecule has 0 aliphatic heterocycles. The van der Waals surface area contributed by atoms with Crippen molar-refractivity contribution in [3.63, 3.8) is 0 Å². The van der Waals surface area contributed by atoms with E-state index in [1.54, 1.807) is 7.05 Å². The number of amides is 2. The number of carbonyl (C=O) groups excluding carboxylic acids is 1. The first-order valence-corrected chi connectivity index (χ1v) is 10.7. The fourth-order valence-electron chi connectivity index (χ4n) is 4.26. The van der Waals surface area contributed by atoms with Crippen LogP contribution in [0.1, 0.15) is 47.9 Å². The van der Waals surface area contributed by atoms with E-state index >= 15 is 0 Å². The van der Waals surface area contributed by atoms with E-state index in [0.29, 0.717) is 0 Å². The van der Waals surface area contributed by atoms with Crippen molar-refractivity contribution in [2.24, 2.45) is 0 Å². The quantitative estimate of drug-likeness (QED) is 0.745. The Morgan fingerprint density at radius 3 is 2.20 bits per heavy atom. The minimum Gasteiger partial charge on any atom is -0.313 e. The van der Waals surface area contributed by atoms with Gasteiger partial charge in [-0.05, 0) is 80.7 Å². The van der Waals surface area contributed by atoms with Crippen LogP contribution in [0.15, 0.2) is 6.07 Å². The molecule has 0 bridgehead atoms. The predicted octanol–water partition coefficient (Wildman–Crippen LogP) is 1.87. The van der Waals surface area contributed by atoms with E-state index in [4.69, 9.17) is 0 Å². The summed E-state index contributed by atoms with van der Waals surface area (Å²) in [5.41, 5.74) is 5.52. The Hall–Kier alpha value is -1.60. The maximum absolute atomic E-state index is 12.4. The summed E-state index contributed by atoms with van der Waals surface area (Å²) in [6, 6.07) is 1.65. The number of aryl methyl sites for hydroxylation is 2. The second-order valence-corrected chi connectivity index (χ2v) is 9.30. The molecule has 1 aromatic rings. The van der Waals surface area contributed by atoms with Crippen LogP contribution in [0.2, 0.25) is 0 Å². The number of hydrogen-bond donors (Lipinski definition) is 3. The van der Waals surface area contributed by atoms with Crippen LogP contribution in [0.3, 0.4) is 0 Å². The summed E-state index contributed by atoms with van der Waals surface area (Å²) in [6.07, 6.45) is 7.83. The highest BCUT2D eigenvalue weighted by atomic mass is 32.2. The molecule has 136 valence electrons. The second kappa shape index (κ2) is 5.99. The average molecular weight is 363 g/mol. The zero-order chi connectivity index (χ0) is 17.7. The molecule has 1 aromatic carbocycles. The van der Waals surface area contributed by atoms with Crippen molar-refractivity contribution in [3.8, 4) is 0 Å². The molecule has 0 spiro atoms. The van der Waals surface area contributed by atoms with Gasteiger partial charge in [0.2, 0.25) is 10.0 Å². The van der Waals surface area contributed by atoms with E-state index in [-0.39, 0.29) is 11.3 Å². The molecule has 0 aromatic heterocycles. The standard InChI is InChI=1S/C18H25N3O3S/c1-19-18(8-9-18)11-25(23,24)21-17(22)20-16-14-6-2-4-12(14)10-13-5-3-7-15(13)16/h10,19H,2-9,11H2,1H3,(H2,20,21,22). The average Bonchev–Trinajstić information content (AvgIpc) is 2.97. The third kappa shape index (κ3) is 3.27. The zero-order valence-corrected chi connectivity index (χ0v) is 15.4. The number of rotatable bonds is 5. The lowest BCUT2D eigenvalue weighted by atomic mass is 9.99. The third-order valence-electron chi connectivity index (χ3n) is 5.81. The minimum absolute atomic E-state index is 0.0606. The Bertz CT molecular complexity index is 796. The molecule has 1 fully saturated rings. The van der Waals surface area contributed by atoms with E-state index in [9.17, 15) is 13.2 Å². The first kappa shape index (κ1) is 16.8. The summed E-state index contributed by atoms with van der Waals surface area (Å²) < 4.78 is 26.8. The highest BCUT2D eigenvalue weighted by molar-refractivity contribution is 7.90. The molecule has 0 atom stereocenters. The summed E-state index contributed by atoms with van der Waals surface area (Å²) in [5.74, 6) is -0.0606. The highest BCUT2D eigenvalue weighted by Crippen LogP contribution is 2.39. The lowest BCUT2D eigenvalue weighted by molar-refractivity contribution is 0.256. The van der Waals surface area contributed by atoms with Crippen molar-refractivity contribution in [3.05, 3.63) is 28.3 Å². The number of fused-ring (bicyclic) bond motifs is 2. The first-order chi connectivity index (χ1) is 11.9. The summed E-state index contributed by atoms with van der Waals surface area (Å²) in [5, 5.41) is 5.92. The van der Waals surface area contributed by atoms with E-state index in [1.165, 1.54) is 22.3 Å². The number of urea groups is 1. The third-order valence-corrected chi connectivity index (χ3v) is 7.24. The van der Waals surface area contributed by atoms with Gasteiger partial charge >= 0.3 is 6.03 Å². The maximum Gasteiger partial charge on any atom is 0.332 e. The van der Waals surface area contributed by atoms with E-state index in [0.717, 1.165) is 57.1 Å². The number of nitrogens with one attached hydrogen (secondary N) is 3. The Morgan fingerprint density at radius 2 is 1.68 bits per heavy atom. The van der Waals surface area contributed by atoms with Gasteiger partial charge in [0, 0.05) is 11.2 Å². The Labute approximate surface area is 148 Å². The number of benzene rings is 1. The molecule has 3 aliphatic rings. The normalized spacial score (nSPS) is 20.0. The molecule has 25 heavy (non-hydrogen) atoms. The number of carbonyl (C=O) groups is 1. The van der Waals surface area contributed by atoms with Crippen molar-refractivity contribution < 1.29 is 13.2 Å². The Balaban J connectivity index is 1.52. The van der Waals surface area contributed by atoms with Crippen LogP contribution in [0, 0.1) is 0 Å². The Morgan fingerprint density at radius 1 is 1.08 bits per heavy atom. The molecule has 6 nitrogen and oxygen atoms in total. The van der Waals surface area contributed by atoms with E-state index in [1.807, 2.05) is 0 Å². The van der Waals surface area contributed by atoms with Crippen molar-refractivity contribution in [2.75, 3.05) is 18.1 Å². The fourth-order valence-corrected chi connectivity index (χ4v) is 5.83. The SMILES string of the molecule is CNC1(CS(=O)(=O)NC(=O)Nc2c3c(cc4c2CCC4)CCC3)CC1. The molecule has 2 amide bonds. The van der Waals surface area contributed by atoms with E-state index < -0.39 is 16.1 Å². The second-order valence-electron chi connectivity index (χ2n) is 7.58. The fraction of sp³-hybridized carbons (Fsp3) is 0.611. The highest BCUT2D eigenvalue weighted by Gasteiger charge is 2.45. The number of anilines is 1. The van der Waals surface area contributed by atoms with Crippen molar-refractivity contribution in [2.45, 2.75) is 56.9 Å². The van der Waals surface area contributed by atoms with Crippen LogP contribution in [0.4, 0.5) is 10.5 Å². The molecule has 4 rings (SSSR count). The van der Waals surface area contributed by atoms with Crippen LogP contribution in [0.5, 0.6) is 0 Å². The number of hydrogen-bond acceptors (Lipinski definition) is 4. The van der Waals surface area contributed by atoms with Crippen LogP contribution in [0.25, 0.3) is 0 Å². The van der Waals surface area contributed by atoms with Gasteiger partial charge in [-0.2, -0.15) is 0 Å². The van der Waals surface area contributed by atoms with Gasteiger partial charge in [0.1, 0.15) is 0 Å². The largest absolute Gasteiger partial charge is 0.332 e. The first-order valence-electron chi connectivity index (χ1n) is 9.08. The topological polar surface area (TPSA) is 87.3 Å².